The number of amides is 1. The zero-order chi connectivity index (χ0) is 18.0. The highest BCUT2D eigenvalue weighted by atomic mass is 35.5. The first-order valence-electron chi connectivity index (χ1n) is 7.01. The van der Waals surface area contributed by atoms with Crippen molar-refractivity contribution in [3.63, 3.8) is 0 Å². The Labute approximate surface area is 150 Å². The molecular formula is C16H10Cl2FN3O3. The highest BCUT2D eigenvalue weighted by Gasteiger charge is 2.14. The maximum Gasteiger partial charge on any atom is 0.437 e. The summed E-state index contributed by atoms with van der Waals surface area (Å²) in [6.07, 6.45) is 0. The van der Waals surface area contributed by atoms with Gasteiger partial charge in [-0.1, -0.05) is 23.2 Å². The lowest BCUT2D eigenvalue weighted by Crippen LogP contribution is -2.26. The van der Waals surface area contributed by atoms with Crippen molar-refractivity contribution in [2.45, 2.75) is 6.54 Å². The highest BCUT2D eigenvalue weighted by molar-refractivity contribution is 6.36. The zero-order valence-corrected chi connectivity index (χ0v) is 14.0. The molecule has 0 aliphatic rings. The van der Waals surface area contributed by atoms with E-state index in [1.807, 2.05) is 0 Å². The molecule has 0 radical (unpaired) electrons. The molecule has 1 heterocycles. The Balaban J connectivity index is 1.75. The SMILES string of the molecule is O=C(Cn1nc(-c2ccc(F)cc2)oc1=O)Nc1ccc(Cl)cc1Cl. The fraction of sp³-hybridized carbons (Fsp3) is 0.0625. The monoisotopic (exact) mass is 381 g/mol. The molecule has 0 fully saturated rings. The second kappa shape index (κ2) is 7.08. The molecule has 0 spiro atoms. The summed E-state index contributed by atoms with van der Waals surface area (Å²) in [6, 6.07) is 9.84. The largest absolute Gasteiger partial charge is 0.437 e. The van der Waals surface area contributed by atoms with Gasteiger partial charge in [-0.25, -0.2) is 9.18 Å². The molecule has 128 valence electrons. The van der Waals surface area contributed by atoms with Crippen molar-refractivity contribution in [2.24, 2.45) is 0 Å². The van der Waals surface area contributed by atoms with E-state index in [0.717, 1.165) is 4.68 Å². The van der Waals surface area contributed by atoms with Crippen LogP contribution in [0.4, 0.5) is 10.1 Å². The van der Waals surface area contributed by atoms with Crippen LogP contribution in [0, 0.1) is 5.82 Å². The van der Waals surface area contributed by atoms with Crippen molar-refractivity contribution in [3.05, 3.63) is 68.9 Å². The third-order valence-corrected chi connectivity index (χ3v) is 3.74. The van der Waals surface area contributed by atoms with Gasteiger partial charge >= 0.3 is 5.76 Å². The van der Waals surface area contributed by atoms with Gasteiger partial charge in [0.25, 0.3) is 0 Å². The van der Waals surface area contributed by atoms with Crippen molar-refractivity contribution >= 4 is 34.8 Å². The van der Waals surface area contributed by atoms with E-state index in [2.05, 4.69) is 10.4 Å². The van der Waals surface area contributed by atoms with Gasteiger partial charge in [-0.05, 0) is 42.5 Å². The number of anilines is 1. The molecule has 1 aromatic heterocycles. The van der Waals surface area contributed by atoms with Crippen LogP contribution >= 0.6 is 23.2 Å². The van der Waals surface area contributed by atoms with Crippen LogP contribution in [0.1, 0.15) is 0 Å². The predicted molar refractivity (Wildman–Crippen MR) is 91.2 cm³/mol. The van der Waals surface area contributed by atoms with E-state index < -0.39 is 17.5 Å². The van der Waals surface area contributed by atoms with Crippen molar-refractivity contribution in [1.82, 2.24) is 9.78 Å². The highest BCUT2D eigenvalue weighted by Crippen LogP contribution is 2.25. The lowest BCUT2D eigenvalue weighted by molar-refractivity contribution is -0.117. The number of hydrogen-bond donors (Lipinski definition) is 1. The van der Waals surface area contributed by atoms with E-state index in [1.165, 1.54) is 36.4 Å². The Morgan fingerprint density at radius 2 is 1.92 bits per heavy atom. The summed E-state index contributed by atoms with van der Waals surface area (Å²) < 4.78 is 18.8. The van der Waals surface area contributed by atoms with E-state index >= 15 is 0 Å². The van der Waals surface area contributed by atoms with E-state index in [9.17, 15) is 14.0 Å². The van der Waals surface area contributed by atoms with E-state index in [0.29, 0.717) is 16.3 Å². The fourth-order valence-electron chi connectivity index (χ4n) is 2.03. The quantitative estimate of drug-likeness (QED) is 0.748. The number of benzene rings is 2. The standard InChI is InChI=1S/C16H10Cl2FN3O3/c17-10-3-6-13(12(18)7-10)20-14(23)8-22-16(24)25-15(21-22)9-1-4-11(19)5-2-9/h1-7H,8H2,(H,20,23). The molecule has 0 bridgehead atoms. The van der Waals surface area contributed by atoms with Crippen LogP contribution in [0.2, 0.25) is 10.0 Å². The molecule has 1 amide bonds. The topological polar surface area (TPSA) is 77.1 Å². The summed E-state index contributed by atoms with van der Waals surface area (Å²) in [4.78, 5) is 23.9. The molecule has 25 heavy (non-hydrogen) atoms. The molecule has 0 unspecified atom stereocenters. The second-order valence-corrected chi connectivity index (χ2v) is 5.85. The first-order valence-corrected chi connectivity index (χ1v) is 7.77. The van der Waals surface area contributed by atoms with Crippen LogP contribution in [0.3, 0.4) is 0 Å². The van der Waals surface area contributed by atoms with Gasteiger partial charge in [0.1, 0.15) is 12.4 Å². The minimum Gasteiger partial charge on any atom is -0.388 e. The summed E-state index contributed by atoms with van der Waals surface area (Å²) >= 11 is 11.8. The maximum atomic E-state index is 12.9. The first kappa shape index (κ1) is 17.2. The molecule has 0 aliphatic heterocycles. The number of hydrogen-bond acceptors (Lipinski definition) is 4. The molecule has 0 saturated heterocycles. The van der Waals surface area contributed by atoms with Crippen molar-refractivity contribution < 1.29 is 13.6 Å². The second-order valence-electron chi connectivity index (χ2n) is 5.01. The lowest BCUT2D eigenvalue weighted by Gasteiger charge is -2.06. The average molecular weight is 382 g/mol. The Hall–Kier alpha value is -2.64. The summed E-state index contributed by atoms with van der Waals surface area (Å²) in [5, 5.41) is 7.17. The third-order valence-electron chi connectivity index (χ3n) is 3.20. The van der Waals surface area contributed by atoms with E-state index in [1.54, 1.807) is 6.07 Å². The Kier molecular flexibility index (Phi) is 4.87. The third kappa shape index (κ3) is 4.07. The van der Waals surface area contributed by atoms with Crippen LogP contribution in [-0.2, 0) is 11.3 Å². The van der Waals surface area contributed by atoms with Crippen LogP contribution in [0.5, 0.6) is 0 Å². The molecule has 0 atom stereocenters. The first-order chi connectivity index (χ1) is 11.9. The van der Waals surface area contributed by atoms with Gasteiger partial charge in [-0.15, -0.1) is 5.10 Å². The number of nitrogens with one attached hydrogen (secondary N) is 1. The molecule has 1 N–H and O–H groups in total. The lowest BCUT2D eigenvalue weighted by atomic mass is 10.2. The summed E-state index contributed by atoms with van der Waals surface area (Å²) in [5.41, 5.74) is 0.768. The van der Waals surface area contributed by atoms with Gasteiger partial charge < -0.3 is 9.73 Å². The van der Waals surface area contributed by atoms with E-state index in [4.69, 9.17) is 27.6 Å². The smallest absolute Gasteiger partial charge is 0.388 e. The van der Waals surface area contributed by atoms with Crippen molar-refractivity contribution in [1.29, 1.82) is 0 Å². The maximum absolute atomic E-state index is 12.9. The van der Waals surface area contributed by atoms with Gasteiger partial charge in [0.05, 0.1) is 10.7 Å². The van der Waals surface area contributed by atoms with Gasteiger partial charge in [0.2, 0.25) is 11.8 Å². The molecular weight excluding hydrogens is 372 g/mol. The van der Waals surface area contributed by atoms with Crippen LogP contribution in [0.15, 0.2) is 51.7 Å². The number of carbonyl (C=O) groups is 1. The molecule has 6 nitrogen and oxygen atoms in total. The minimum atomic E-state index is -0.809. The molecule has 0 saturated carbocycles. The van der Waals surface area contributed by atoms with Gasteiger partial charge in [0.15, 0.2) is 0 Å². The molecule has 3 aromatic rings. The molecule has 9 heteroatoms. The van der Waals surface area contributed by atoms with Crippen LogP contribution in [0.25, 0.3) is 11.5 Å². The Morgan fingerprint density at radius 3 is 2.60 bits per heavy atom. The summed E-state index contributed by atoms with van der Waals surface area (Å²) in [6.45, 7) is -0.373. The Bertz CT molecular complexity index is 983. The molecule has 3 rings (SSSR count). The van der Waals surface area contributed by atoms with Gasteiger partial charge in [-0.3, -0.25) is 4.79 Å². The Morgan fingerprint density at radius 1 is 1.20 bits per heavy atom. The predicted octanol–water partition coefficient (Wildman–Crippen LogP) is 3.59. The molecule has 0 aliphatic carbocycles. The van der Waals surface area contributed by atoms with Gasteiger partial charge in [0, 0.05) is 10.6 Å². The summed E-state index contributed by atoms with van der Waals surface area (Å²) in [5.74, 6) is -1.77. The fourth-order valence-corrected chi connectivity index (χ4v) is 2.49. The number of carbonyl (C=O) groups excluding carboxylic acids is 1. The van der Waals surface area contributed by atoms with Crippen LogP contribution in [-0.4, -0.2) is 15.7 Å². The number of nitrogens with zero attached hydrogens (tertiary/aromatic N) is 2. The van der Waals surface area contributed by atoms with Crippen LogP contribution < -0.4 is 11.1 Å². The number of rotatable bonds is 4. The van der Waals surface area contributed by atoms with Crippen molar-refractivity contribution in [2.75, 3.05) is 5.32 Å². The van der Waals surface area contributed by atoms with Gasteiger partial charge in [-0.2, -0.15) is 4.68 Å². The number of halogens is 3. The summed E-state index contributed by atoms with van der Waals surface area (Å²) in [7, 11) is 0. The van der Waals surface area contributed by atoms with E-state index in [-0.39, 0.29) is 17.5 Å². The minimum absolute atomic E-state index is 0.0117. The average Bonchev–Trinajstić information content (AvgIpc) is 2.91. The van der Waals surface area contributed by atoms with Crippen molar-refractivity contribution in [3.8, 4) is 11.5 Å². The number of aromatic nitrogens is 2. The zero-order valence-electron chi connectivity index (χ0n) is 12.5. The normalized spacial score (nSPS) is 10.7. The molecule has 2 aromatic carbocycles.